The molecule has 0 saturated carbocycles. The molecular weight excluding hydrogens is 568 g/mol. The minimum atomic E-state index is -0.599. The number of thioether (sulfide) groups is 1. The van der Waals surface area contributed by atoms with Crippen LogP contribution in [-0.2, 0) is 16.2 Å². The zero-order valence-electron chi connectivity index (χ0n) is 23.5. The first-order chi connectivity index (χ1) is 20.3. The number of hydrogen-bond acceptors (Lipinski definition) is 6. The number of benzene rings is 4. The molecule has 5 aromatic rings. The van der Waals surface area contributed by atoms with Gasteiger partial charge in [-0.2, -0.15) is 0 Å². The van der Waals surface area contributed by atoms with Crippen LogP contribution in [0.2, 0.25) is 5.02 Å². The Labute approximate surface area is 253 Å². The summed E-state index contributed by atoms with van der Waals surface area (Å²) in [4.78, 5) is 44.5. The smallest absolute Gasteiger partial charge is 0.331 e. The first-order valence-corrected chi connectivity index (χ1v) is 15.0. The highest BCUT2D eigenvalue weighted by molar-refractivity contribution is 7.99. The molecular formula is C34H29ClN2O4S. The third kappa shape index (κ3) is 6.17. The molecule has 0 unspecified atom stereocenters. The van der Waals surface area contributed by atoms with Gasteiger partial charge < -0.3 is 9.40 Å². The molecule has 0 bridgehead atoms. The fourth-order valence-corrected chi connectivity index (χ4v) is 5.98. The van der Waals surface area contributed by atoms with Crippen LogP contribution < -0.4 is 0 Å². The van der Waals surface area contributed by atoms with E-state index in [9.17, 15) is 14.4 Å². The first kappa shape index (κ1) is 29.3. The molecule has 0 aliphatic rings. The van der Waals surface area contributed by atoms with Gasteiger partial charge in [-0.15, -0.1) is 11.8 Å². The Morgan fingerprint density at radius 1 is 0.881 bits per heavy atom. The number of ketones is 2. The zero-order valence-corrected chi connectivity index (χ0v) is 25.1. The van der Waals surface area contributed by atoms with Crippen LogP contribution in [-0.4, -0.2) is 33.6 Å². The number of aryl methyl sites for hydroxylation is 2. The van der Waals surface area contributed by atoms with E-state index in [1.54, 1.807) is 17.8 Å². The maximum atomic E-state index is 13.7. The molecule has 0 amide bonds. The van der Waals surface area contributed by atoms with E-state index in [-0.39, 0.29) is 17.3 Å². The van der Waals surface area contributed by atoms with E-state index in [2.05, 4.69) is 16.6 Å². The minimum absolute atomic E-state index is 0.0476. The molecule has 0 atom stereocenters. The van der Waals surface area contributed by atoms with Crippen LogP contribution in [0, 0.1) is 6.92 Å². The monoisotopic (exact) mass is 596 g/mol. The number of aromatic nitrogens is 1. The van der Waals surface area contributed by atoms with E-state index in [0.29, 0.717) is 33.9 Å². The lowest BCUT2D eigenvalue weighted by Crippen LogP contribution is -2.16. The predicted octanol–water partition coefficient (Wildman–Crippen LogP) is 8.29. The molecule has 0 N–H and O–H groups in total. The summed E-state index contributed by atoms with van der Waals surface area (Å²) in [7, 11) is 0. The van der Waals surface area contributed by atoms with Crippen LogP contribution >= 0.6 is 23.4 Å². The number of carbonyl (C=O) groups is 3. The molecule has 8 heteroatoms. The maximum Gasteiger partial charge on any atom is 0.331 e. The normalized spacial score (nSPS) is 11.7. The van der Waals surface area contributed by atoms with Crippen LogP contribution in [0.5, 0.6) is 0 Å². The fraction of sp³-hybridized carbons (Fsp3) is 0.176. The second kappa shape index (κ2) is 12.8. The van der Waals surface area contributed by atoms with Gasteiger partial charge in [0.15, 0.2) is 5.78 Å². The lowest BCUT2D eigenvalue weighted by atomic mass is 9.97. The second-order valence-electron chi connectivity index (χ2n) is 9.85. The van der Waals surface area contributed by atoms with Crippen molar-refractivity contribution >= 4 is 68.4 Å². The van der Waals surface area contributed by atoms with Crippen molar-refractivity contribution in [3.8, 4) is 0 Å². The molecule has 0 aliphatic carbocycles. The zero-order chi connectivity index (χ0) is 29.8. The van der Waals surface area contributed by atoms with Crippen molar-refractivity contribution in [3.05, 3.63) is 112 Å². The van der Waals surface area contributed by atoms with Crippen LogP contribution in [0.4, 0.5) is 0 Å². The lowest BCUT2D eigenvalue weighted by molar-refractivity contribution is -0.140. The van der Waals surface area contributed by atoms with Gasteiger partial charge in [0.1, 0.15) is 5.71 Å². The third-order valence-corrected chi connectivity index (χ3v) is 8.33. The fourth-order valence-electron chi connectivity index (χ4n) is 4.99. The molecule has 1 aromatic heterocycles. The number of halogens is 1. The number of hydrogen-bond donors (Lipinski definition) is 0. The van der Waals surface area contributed by atoms with E-state index in [0.717, 1.165) is 38.8 Å². The topological polar surface area (TPSA) is 77.7 Å². The number of oxime groups is 1. The molecule has 0 spiro atoms. The Bertz CT molecular complexity index is 1860. The predicted molar refractivity (Wildman–Crippen MR) is 170 cm³/mol. The number of fused-ring (bicyclic) bond motifs is 3. The second-order valence-corrected chi connectivity index (χ2v) is 11.5. The standard InChI is InChI=1S/C34H29ClN2O4S/c1-4-37-31-15-9-23(33(39)27-8-6-5-7-21(27)2)19-28(31)29-20-24(10-16-32(29)37)34(40)30(36-41-22(3)38)17-18-42-26-13-11-25(35)12-14-26/h5-16,19-20H,4,17-18H2,1-3H3. The summed E-state index contributed by atoms with van der Waals surface area (Å²) >= 11 is 7.53. The molecule has 4 aromatic carbocycles. The van der Waals surface area contributed by atoms with Crippen LogP contribution in [0.3, 0.4) is 0 Å². The highest BCUT2D eigenvalue weighted by Gasteiger charge is 2.20. The van der Waals surface area contributed by atoms with Crippen LogP contribution in [0.1, 0.15) is 52.1 Å². The number of carbonyl (C=O) groups excluding carboxylic acids is 3. The molecule has 0 aliphatic heterocycles. The van der Waals surface area contributed by atoms with E-state index in [4.69, 9.17) is 16.4 Å². The first-order valence-electron chi connectivity index (χ1n) is 13.6. The van der Waals surface area contributed by atoms with Crippen molar-refractivity contribution in [2.75, 3.05) is 5.75 Å². The Kier molecular flexibility index (Phi) is 8.90. The van der Waals surface area contributed by atoms with Crippen molar-refractivity contribution in [2.24, 2.45) is 5.16 Å². The summed E-state index contributed by atoms with van der Waals surface area (Å²) < 4.78 is 2.16. The van der Waals surface area contributed by atoms with E-state index >= 15 is 0 Å². The molecule has 0 saturated heterocycles. The van der Waals surface area contributed by atoms with Crippen molar-refractivity contribution in [2.45, 2.75) is 38.6 Å². The van der Waals surface area contributed by atoms with Crippen LogP contribution in [0.15, 0.2) is 95.0 Å². The molecule has 5 rings (SSSR count). The van der Waals surface area contributed by atoms with E-state index in [1.807, 2.05) is 85.8 Å². The van der Waals surface area contributed by atoms with Gasteiger partial charge in [-0.05, 0) is 80.1 Å². The molecule has 0 radical (unpaired) electrons. The Morgan fingerprint density at radius 2 is 1.52 bits per heavy atom. The molecule has 6 nitrogen and oxygen atoms in total. The van der Waals surface area contributed by atoms with Gasteiger partial charge in [-0.3, -0.25) is 9.59 Å². The average molecular weight is 597 g/mol. The van der Waals surface area contributed by atoms with Crippen molar-refractivity contribution in [3.63, 3.8) is 0 Å². The van der Waals surface area contributed by atoms with E-state index < -0.39 is 5.97 Å². The van der Waals surface area contributed by atoms with Crippen LogP contribution in [0.25, 0.3) is 21.8 Å². The number of nitrogens with zero attached hydrogens (tertiary/aromatic N) is 2. The van der Waals surface area contributed by atoms with Crippen molar-refractivity contribution in [1.82, 2.24) is 4.57 Å². The summed E-state index contributed by atoms with van der Waals surface area (Å²) in [5.74, 6) is -0.416. The van der Waals surface area contributed by atoms with Gasteiger partial charge >= 0.3 is 5.97 Å². The summed E-state index contributed by atoms with van der Waals surface area (Å²) in [6, 6.07) is 26.2. The lowest BCUT2D eigenvalue weighted by Gasteiger charge is -2.07. The van der Waals surface area contributed by atoms with Crippen molar-refractivity contribution in [1.29, 1.82) is 0 Å². The van der Waals surface area contributed by atoms with Gasteiger partial charge in [0.2, 0.25) is 5.78 Å². The minimum Gasteiger partial charge on any atom is -0.341 e. The van der Waals surface area contributed by atoms with Gasteiger partial charge in [0, 0.05) is 74.1 Å². The van der Waals surface area contributed by atoms with Gasteiger partial charge in [-0.25, -0.2) is 4.79 Å². The molecule has 42 heavy (non-hydrogen) atoms. The Morgan fingerprint density at radius 3 is 2.17 bits per heavy atom. The summed E-state index contributed by atoms with van der Waals surface area (Å²) in [6.07, 6.45) is 0.295. The highest BCUT2D eigenvalue weighted by Crippen LogP contribution is 2.32. The molecule has 0 fully saturated rings. The summed E-state index contributed by atoms with van der Waals surface area (Å²) in [6.45, 7) is 5.96. The van der Waals surface area contributed by atoms with Gasteiger partial charge in [0.25, 0.3) is 0 Å². The number of Topliss-reactive ketones (excluding diaryl/α,β-unsaturated/α-hetero) is 1. The Hall–Kier alpha value is -4.20. The SMILES string of the molecule is CCn1c2ccc(C(=O)C(CCSc3ccc(Cl)cc3)=NOC(C)=O)cc2c2cc(C(=O)c3ccccc3C)ccc21. The molecule has 1 heterocycles. The third-order valence-electron chi connectivity index (χ3n) is 7.06. The van der Waals surface area contributed by atoms with Gasteiger partial charge in [-0.1, -0.05) is 41.0 Å². The maximum absolute atomic E-state index is 13.7. The largest absolute Gasteiger partial charge is 0.341 e. The van der Waals surface area contributed by atoms with Crippen molar-refractivity contribution < 1.29 is 19.2 Å². The van der Waals surface area contributed by atoms with E-state index in [1.165, 1.54) is 6.92 Å². The Balaban J connectivity index is 1.50. The number of rotatable bonds is 10. The molecule has 212 valence electrons. The van der Waals surface area contributed by atoms with Gasteiger partial charge in [0.05, 0.1) is 0 Å². The summed E-state index contributed by atoms with van der Waals surface area (Å²) in [5, 5.41) is 6.32. The quantitative estimate of drug-likeness (QED) is 0.0533. The average Bonchev–Trinajstić information content (AvgIpc) is 3.31. The highest BCUT2D eigenvalue weighted by atomic mass is 35.5. The summed E-state index contributed by atoms with van der Waals surface area (Å²) in [5.41, 5.74) is 4.68.